The normalized spacial score (nSPS) is 14.5. The van der Waals surface area contributed by atoms with Gasteiger partial charge in [0, 0.05) is 24.2 Å². The number of aromatic nitrogens is 5. The van der Waals surface area contributed by atoms with Gasteiger partial charge in [-0.1, -0.05) is 19.9 Å². The van der Waals surface area contributed by atoms with E-state index >= 15 is 0 Å². The van der Waals surface area contributed by atoms with E-state index in [1.165, 1.54) is 0 Å². The van der Waals surface area contributed by atoms with Gasteiger partial charge in [0.2, 0.25) is 11.9 Å². The van der Waals surface area contributed by atoms with Gasteiger partial charge in [0.1, 0.15) is 0 Å². The zero-order chi connectivity index (χ0) is 16.7. The van der Waals surface area contributed by atoms with E-state index in [9.17, 15) is 4.79 Å². The van der Waals surface area contributed by atoms with Crippen molar-refractivity contribution in [1.29, 1.82) is 0 Å². The van der Waals surface area contributed by atoms with Crippen LogP contribution in [0.15, 0.2) is 30.6 Å². The van der Waals surface area contributed by atoms with Crippen LogP contribution in [0.3, 0.4) is 0 Å². The molecular formula is C17H20N6O. The Labute approximate surface area is 139 Å². The number of pyridine rings is 1. The van der Waals surface area contributed by atoms with Crippen LogP contribution in [-0.2, 0) is 11.3 Å². The van der Waals surface area contributed by atoms with Gasteiger partial charge in [-0.3, -0.25) is 14.8 Å². The first-order valence-corrected chi connectivity index (χ1v) is 8.29. The Balaban J connectivity index is 1.66. The van der Waals surface area contributed by atoms with E-state index in [4.69, 9.17) is 0 Å². The van der Waals surface area contributed by atoms with Crippen molar-refractivity contribution >= 4 is 17.5 Å². The van der Waals surface area contributed by atoms with Crippen molar-refractivity contribution in [3.8, 4) is 11.3 Å². The lowest BCUT2D eigenvalue weighted by Gasteiger charge is -2.04. The van der Waals surface area contributed by atoms with Crippen LogP contribution in [0.5, 0.6) is 0 Å². The first kappa shape index (κ1) is 14.9. The molecule has 1 amide bonds. The molecule has 1 fully saturated rings. The fraction of sp³-hybridized carbons (Fsp3) is 0.412. The first-order chi connectivity index (χ1) is 11.6. The first-order valence-electron chi connectivity index (χ1n) is 8.29. The Bertz CT molecular complexity index is 890. The van der Waals surface area contributed by atoms with E-state index in [1.54, 1.807) is 4.52 Å². The molecule has 1 aliphatic rings. The van der Waals surface area contributed by atoms with Gasteiger partial charge in [-0.25, -0.2) is 4.52 Å². The van der Waals surface area contributed by atoms with E-state index in [0.29, 0.717) is 17.5 Å². The van der Waals surface area contributed by atoms with Crippen molar-refractivity contribution < 1.29 is 4.79 Å². The quantitative estimate of drug-likeness (QED) is 0.782. The number of amides is 1. The van der Waals surface area contributed by atoms with Crippen molar-refractivity contribution in [3.63, 3.8) is 0 Å². The van der Waals surface area contributed by atoms with E-state index in [-0.39, 0.29) is 11.8 Å². The molecule has 3 aromatic rings. The van der Waals surface area contributed by atoms with Crippen LogP contribution in [0.1, 0.15) is 26.7 Å². The number of carbonyl (C=O) groups is 1. The molecule has 0 atom stereocenters. The summed E-state index contributed by atoms with van der Waals surface area (Å²) in [5.41, 5.74) is 2.59. The van der Waals surface area contributed by atoms with E-state index < -0.39 is 0 Å². The predicted octanol–water partition coefficient (Wildman–Crippen LogP) is 2.60. The third-order valence-electron chi connectivity index (χ3n) is 4.02. The molecular weight excluding hydrogens is 304 g/mol. The van der Waals surface area contributed by atoms with Crippen molar-refractivity contribution in [2.24, 2.45) is 11.8 Å². The second kappa shape index (κ2) is 5.74. The molecule has 7 nitrogen and oxygen atoms in total. The highest BCUT2D eigenvalue weighted by atomic mass is 16.2. The van der Waals surface area contributed by atoms with Gasteiger partial charge >= 0.3 is 0 Å². The molecule has 0 saturated heterocycles. The lowest BCUT2D eigenvalue weighted by atomic mass is 10.2. The number of carbonyl (C=O) groups excluding carboxylic acids is 1. The summed E-state index contributed by atoms with van der Waals surface area (Å²) in [6.07, 6.45) is 5.76. The molecule has 7 heteroatoms. The lowest BCUT2D eigenvalue weighted by molar-refractivity contribution is -0.117. The molecule has 1 saturated carbocycles. The van der Waals surface area contributed by atoms with Gasteiger partial charge < -0.3 is 0 Å². The molecule has 0 bridgehead atoms. The number of nitrogens with one attached hydrogen (secondary N) is 1. The van der Waals surface area contributed by atoms with E-state index in [0.717, 1.165) is 30.6 Å². The van der Waals surface area contributed by atoms with Crippen molar-refractivity contribution in [2.45, 2.75) is 33.2 Å². The topological polar surface area (TPSA) is 77.1 Å². The minimum atomic E-state index is 0.0113. The van der Waals surface area contributed by atoms with Crippen LogP contribution < -0.4 is 5.32 Å². The number of fused-ring (bicyclic) bond motifs is 1. The summed E-state index contributed by atoms with van der Waals surface area (Å²) in [5, 5.41) is 11.7. The summed E-state index contributed by atoms with van der Waals surface area (Å²) in [7, 11) is 0. The molecule has 0 radical (unpaired) electrons. The number of hydrogen-bond acceptors (Lipinski definition) is 4. The maximum absolute atomic E-state index is 11.9. The Hall–Kier alpha value is -2.70. The zero-order valence-corrected chi connectivity index (χ0v) is 13.8. The summed E-state index contributed by atoms with van der Waals surface area (Å²) >= 11 is 0. The highest BCUT2D eigenvalue weighted by molar-refractivity contribution is 5.92. The van der Waals surface area contributed by atoms with Gasteiger partial charge in [0.25, 0.3) is 0 Å². The van der Waals surface area contributed by atoms with Crippen molar-refractivity contribution in [1.82, 2.24) is 24.4 Å². The second-order valence-electron chi connectivity index (χ2n) is 6.72. The number of hydrogen-bond donors (Lipinski definition) is 1. The van der Waals surface area contributed by atoms with Crippen LogP contribution in [0.2, 0.25) is 0 Å². The molecule has 0 aromatic carbocycles. The summed E-state index contributed by atoms with van der Waals surface area (Å²) < 4.78 is 3.69. The Morgan fingerprint density at radius 2 is 2.21 bits per heavy atom. The van der Waals surface area contributed by atoms with Crippen molar-refractivity contribution in [3.05, 3.63) is 30.6 Å². The van der Waals surface area contributed by atoms with Crippen LogP contribution in [0.25, 0.3) is 16.9 Å². The summed E-state index contributed by atoms with van der Waals surface area (Å²) in [5.74, 6) is 1.03. The highest BCUT2D eigenvalue weighted by Crippen LogP contribution is 2.30. The second-order valence-corrected chi connectivity index (χ2v) is 6.72. The maximum atomic E-state index is 11.9. The third-order valence-corrected chi connectivity index (χ3v) is 4.02. The van der Waals surface area contributed by atoms with Crippen molar-refractivity contribution in [2.75, 3.05) is 5.32 Å². The molecule has 4 rings (SSSR count). The fourth-order valence-corrected chi connectivity index (χ4v) is 2.70. The SMILES string of the molecule is CC(C)Cn1cc(-c2cccc3nc(NC(=O)C4CC4)nn23)cn1. The minimum absolute atomic E-state index is 0.0113. The maximum Gasteiger partial charge on any atom is 0.249 e. The number of rotatable bonds is 5. The average molecular weight is 324 g/mol. The third kappa shape index (κ3) is 2.89. The molecule has 1 aliphatic carbocycles. The van der Waals surface area contributed by atoms with Crippen LogP contribution >= 0.6 is 0 Å². The highest BCUT2D eigenvalue weighted by Gasteiger charge is 2.30. The summed E-state index contributed by atoms with van der Waals surface area (Å²) in [4.78, 5) is 16.3. The minimum Gasteiger partial charge on any atom is -0.293 e. The Morgan fingerprint density at radius 3 is 2.96 bits per heavy atom. The van der Waals surface area contributed by atoms with Gasteiger partial charge in [-0.15, -0.1) is 5.10 Å². The van der Waals surface area contributed by atoms with Crippen LogP contribution in [0.4, 0.5) is 5.95 Å². The molecule has 0 unspecified atom stereocenters. The van der Waals surface area contributed by atoms with E-state index in [2.05, 4.69) is 34.3 Å². The lowest BCUT2D eigenvalue weighted by Crippen LogP contribution is -2.14. The fourth-order valence-electron chi connectivity index (χ4n) is 2.70. The largest absolute Gasteiger partial charge is 0.293 e. The number of anilines is 1. The number of nitrogens with zero attached hydrogens (tertiary/aromatic N) is 5. The average Bonchev–Trinajstić information content (AvgIpc) is 3.16. The summed E-state index contributed by atoms with van der Waals surface area (Å²) in [6.45, 7) is 5.19. The molecule has 3 heterocycles. The predicted molar refractivity (Wildman–Crippen MR) is 90.4 cm³/mol. The van der Waals surface area contributed by atoms with E-state index in [1.807, 2.05) is 35.3 Å². The molecule has 3 aromatic heterocycles. The molecule has 24 heavy (non-hydrogen) atoms. The zero-order valence-electron chi connectivity index (χ0n) is 13.8. The molecule has 124 valence electrons. The Kier molecular flexibility index (Phi) is 3.55. The molecule has 0 aliphatic heterocycles. The Morgan fingerprint density at radius 1 is 1.38 bits per heavy atom. The standard InChI is InChI=1S/C17H20N6O/c1-11(2)9-22-10-13(8-18-22)14-4-3-5-15-19-17(21-23(14)15)20-16(24)12-6-7-12/h3-5,8,10-12H,6-7,9H2,1-2H3,(H,20,21,24). The molecule has 1 N–H and O–H groups in total. The van der Waals surface area contributed by atoms with Gasteiger partial charge in [0.05, 0.1) is 11.9 Å². The van der Waals surface area contributed by atoms with Crippen LogP contribution in [0, 0.1) is 11.8 Å². The van der Waals surface area contributed by atoms with Gasteiger partial charge in [0.15, 0.2) is 5.65 Å². The monoisotopic (exact) mass is 324 g/mol. The molecule has 0 spiro atoms. The summed E-state index contributed by atoms with van der Waals surface area (Å²) in [6, 6.07) is 5.79. The van der Waals surface area contributed by atoms with Gasteiger partial charge in [-0.05, 0) is 30.9 Å². The van der Waals surface area contributed by atoms with Crippen LogP contribution in [-0.4, -0.2) is 30.3 Å². The van der Waals surface area contributed by atoms with Gasteiger partial charge in [-0.2, -0.15) is 10.1 Å². The smallest absolute Gasteiger partial charge is 0.249 e.